The molecule has 1 aromatic carbocycles. The van der Waals surface area contributed by atoms with Crippen LogP contribution in [0.15, 0.2) is 30.3 Å². The molecule has 0 unspecified atom stereocenters. The highest BCUT2D eigenvalue weighted by atomic mass is 32.2. The molecule has 0 aliphatic carbocycles. The van der Waals surface area contributed by atoms with Crippen LogP contribution in [0.4, 0.5) is 4.79 Å². The Bertz CT molecular complexity index is 645. The van der Waals surface area contributed by atoms with Crippen LogP contribution in [0.2, 0.25) is 0 Å². The van der Waals surface area contributed by atoms with E-state index in [4.69, 9.17) is 0 Å². The van der Waals surface area contributed by atoms with Crippen LogP contribution in [0.1, 0.15) is 37.2 Å². The summed E-state index contributed by atoms with van der Waals surface area (Å²) in [5.41, 5.74) is 1.34. The van der Waals surface area contributed by atoms with E-state index in [-0.39, 0.29) is 23.6 Å². The van der Waals surface area contributed by atoms with Gasteiger partial charge in [0.2, 0.25) is 0 Å². The normalized spacial score (nSPS) is 27.4. The maximum Gasteiger partial charge on any atom is 0.317 e. The van der Waals surface area contributed by atoms with Gasteiger partial charge in [0, 0.05) is 19.1 Å². The standard InChI is InChI=1S/C17H24N2O3S/c20-17(18-16-9-12-23(21,22)13-16)19-10-4-7-15(8-11-19)14-5-2-1-3-6-14/h1-3,5-6,15-16H,4,7-13H2,(H,18,20)/t15-,16+/m0/s1. The molecule has 0 aromatic heterocycles. The van der Waals surface area contributed by atoms with Gasteiger partial charge in [0.15, 0.2) is 9.84 Å². The molecule has 0 saturated carbocycles. The lowest BCUT2D eigenvalue weighted by molar-refractivity contribution is 0.196. The number of urea groups is 1. The molecule has 3 rings (SSSR count). The Hall–Kier alpha value is -1.56. The molecular formula is C17H24N2O3S. The minimum atomic E-state index is -2.96. The highest BCUT2D eigenvalue weighted by molar-refractivity contribution is 7.91. The summed E-state index contributed by atoms with van der Waals surface area (Å²) in [4.78, 5) is 14.2. The molecule has 0 radical (unpaired) electrons. The van der Waals surface area contributed by atoms with Crippen LogP contribution >= 0.6 is 0 Å². The average Bonchev–Trinajstić information content (AvgIpc) is 2.76. The Labute approximate surface area is 138 Å². The van der Waals surface area contributed by atoms with Crippen molar-refractivity contribution in [3.8, 4) is 0 Å². The molecule has 2 heterocycles. The summed E-state index contributed by atoms with van der Waals surface area (Å²) in [5, 5.41) is 2.89. The van der Waals surface area contributed by atoms with E-state index in [1.54, 1.807) is 0 Å². The fourth-order valence-corrected chi connectivity index (χ4v) is 5.21. The number of rotatable bonds is 2. The highest BCUT2D eigenvalue weighted by Gasteiger charge is 2.30. The largest absolute Gasteiger partial charge is 0.334 e. The zero-order chi connectivity index (χ0) is 16.3. The molecule has 0 bridgehead atoms. The summed E-state index contributed by atoms with van der Waals surface area (Å²) in [6.07, 6.45) is 3.57. The minimum absolute atomic E-state index is 0.0826. The van der Waals surface area contributed by atoms with Crippen LogP contribution in [-0.2, 0) is 9.84 Å². The first-order chi connectivity index (χ1) is 11.0. The second-order valence-electron chi connectivity index (χ2n) is 6.58. The molecule has 6 heteroatoms. The van der Waals surface area contributed by atoms with Gasteiger partial charge in [0.1, 0.15) is 0 Å². The van der Waals surface area contributed by atoms with Gasteiger partial charge in [0.25, 0.3) is 0 Å². The van der Waals surface area contributed by atoms with Crippen molar-refractivity contribution in [3.05, 3.63) is 35.9 Å². The fourth-order valence-electron chi connectivity index (χ4n) is 3.53. The van der Waals surface area contributed by atoms with E-state index >= 15 is 0 Å². The third-order valence-corrected chi connectivity index (χ3v) is 6.61. The van der Waals surface area contributed by atoms with Crippen molar-refractivity contribution in [1.82, 2.24) is 10.2 Å². The first-order valence-electron chi connectivity index (χ1n) is 8.34. The number of carbonyl (C=O) groups excluding carboxylic acids is 1. The van der Waals surface area contributed by atoms with Gasteiger partial charge < -0.3 is 10.2 Å². The van der Waals surface area contributed by atoms with Crippen molar-refractivity contribution in [3.63, 3.8) is 0 Å². The summed E-state index contributed by atoms with van der Waals surface area (Å²) in [5.74, 6) is 0.772. The topological polar surface area (TPSA) is 66.5 Å². The van der Waals surface area contributed by atoms with E-state index in [0.29, 0.717) is 12.3 Å². The van der Waals surface area contributed by atoms with Gasteiger partial charge in [-0.25, -0.2) is 13.2 Å². The second-order valence-corrected chi connectivity index (χ2v) is 8.80. The lowest BCUT2D eigenvalue weighted by Crippen LogP contribution is -2.45. The molecular weight excluding hydrogens is 312 g/mol. The van der Waals surface area contributed by atoms with Crippen LogP contribution < -0.4 is 5.32 Å². The first-order valence-corrected chi connectivity index (χ1v) is 10.2. The number of likely N-dealkylation sites (tertiary alicyclic amines) is 1. The summed E-state index contributed by atoms with van der Waals surface area (Å²) in [6, 6.07) is 10.1. The predicted molar refractivity (Wildman–Crippen MR) is 90.2 cm³/mol. The molecule has 2 atom stereocenters. The Morgan fingerprint density at radius 3 is 2.57 bits per heavy atom. The number of amides is 2. The number of sulfone groups is 1. The Morgan fingerprint density at radius 1 is 1.09 bits per heavy atom. The number of nitrogens with zero attached hydrogens (tertiary/aromatic N) is 1. The molecule has 2 fully saturated rings. The van der Waals surface area contributed by atoms with Crippen LogP contribution in [0.5, 0.6) is 0 Å². The van der Waals surface area contributed by atoms with Crippen LogP contribution in [-0.4, -0.2) is 50.0 Å². The van der Waals surface area contributed by atoms with Gasteiger partial charge in [0.05, 0.1) is 11.5 Å². The summed E-state index contributed by atoms with van der Waals surface area (Å²) in [6.45, 7) is 1.47. The number of carbonyl (C=O) groups is 1. The monoisotopic (exact) mass is 336 g/mol. The summed E-state index contributed by atoms with van der Waals surface area (Å²) in [7, 11) is -2.96. The van der Waals surface area contributed by atoms with E-state index < -0.39 is 9.84 Å². The van der Waals surface area contributed by atoms with Gasteiger partial charge in [-0.2, -0.15) is 0 Å². The minimum Gasteiger partial charge on any atom is -0.334 e. The molecule has 2 aliphatic heterocycles. The smallest absolute Gasteiger partial charge is 0.317 e. The molecule has 2 saturated heterocycles. The zero-order valence-corrected chi connectivity index (χ0v) is 14.1. The average molecular weight is 336 g/mol. The molecule has 23 heavy (non-hydrogen) atoms. The molecule has 2 aliphatic rings. The molecule has 1 aromatic rings. The van der Waals surface area contributed by atoms with Crippen molar-refractivity contribution in [2.75, 3.05) is 24.6 Å². The van der Waals surface area contributed by atoms with Gasteiger partial charge in [-0.05, 0) is 37.2 Å². The van der Waals surface area contributed by atoms with Gasteiger partial charge in [-0.15, -0.1) is 0 Å². The zero-order valence-electron chi connectivity index (χ0n) is 13.3. The lowest BCUT2D eigenvalue weighted by Gasteiger charge is -2.23. The Morgan fingerprint density at radius 2 is 1.87 bits per heavy atom. The molecule has 2 amide bonds. The quantitative estimate of drug-likeness (QED) is 0.900. The second kappa shape index (κ2) is 6.91. The molecule has 1 N–H and O–H groups in total. The van der Waals surface area contributed by atoms with Crippen molar-refractivity contribution in [1.29, 1.82) is 0 Å². The Balaban J connectivity index is 1.54. The first kappa shape index (κ1) is 16.3. The number of benzene rings is 1. The maximum absolute atomic E-state index is 12.4. The molecule has 0 spiro atoms. The van der Waals surface area contributed by atoms with Crippen molar-refractivity contribution < 1.29 is 13.2 Å². The summed E-state index contributed by atoms with van der Waals surface area (Å²) >= 11 is 0. The van der Waals surface area contributed by atoms with Crippen molar-refractivity contribution in [2.24, 2.45) is 0 Å². The molecule has 5 nitrogen and oxygen atoms in total. The number of hydrogen-bond acceptors (Lipinski definition) is 3. The van der Waals surface area contributed by atoms with E-state index in [1.165, 1.54) is 5.56 Å². The third-order valence-electron chi connectivity index (χ3n) is 4.85. The van der Waals surface area contributed by atoms with E-state index in [9.17, 15) is 13.2 Å². The van der Waals surface area contributed by atoms with E-state index in [2.05, 4.69) is 29.6 Å². The van der Waals surface area contributed by atoms with Crippen molar-refractivity contribution >= 4 is 15.9 Å². The van der Waals surface area contributed by atoms with E-state index in [1.807, 2.05) is 11.0 Å². The van der Waals surface area contributed by atoms with Crippen LogP contribution in [0.25, 0.3) is 0 Å². The summed E-state index contributed by atoms with van der Waals surface area (Å²) < 4.78 is 23.0. The van der Waals surface area contributed by atoms with Gasteiger partial charge in [-0.3, -0.25) is 0 Å². The number of hydrogen-bond donors (Lipinski definition) is 1. The van der Waals surface area contributed by atoms with E-state index in [0.717, 1.165) is 32.4 Å². The van der Waals surface area contributed by atoms with Crippen molar-refractivity contribution in [2.45, 2.75) is 37.6 Å². The fraction of sp³-hybridized carbons (Fsp3) is 0.588. The highest BCUT2D eigenvalue weighted by Crippen LogP contribution is 2.27. The SMILES string of the molecule is O=C(N[C@@H]1CCS(=O)(=O)C1)N1CCC[C@H](c2ccccc2)CC1. The third kappa shape index (κ3) is 4.25. The Kier molecular flexibility index (Phi) is 4.90. The van der Waals surface area contributed by atoms with Gasteiger partial charge in [-0.1, -0.05) is 30.3 Å². The van der Waals surface area contributed by atoms with Gasteiger partial charge >= 0.3 is 6.03 Å². The maximum atomic E-state index is 12.4. The molecule has 126 valence electrons. The lowest BCUT2D eigenvalue weighted by atomic mass is 9.92. The van der Waals surface area contributed by atoms with Crippen LogP contribution in [0.3, 0.4) is 0 Å². The predicted octanol–water partition coefficient (Wildman–Crippen LogP) is 2.15. The number of nitrogens with one attached hydrogen (secondary N) is 1. The van der Waals surface area contributed by atoms with Crippen LogP contribution in [0, 0.1) is 0 Å².